The van der Waals surface area contributed by atoms with Gasteiger partial charge in [-0.25, -0.2) is 0 Å². The first kappa shape index (κ1) is 14.2. The first-order valence-corrected chi connectivity index (χ1v) is 5.59. The third-order valence-corrected chi connectivity index (χ3v) is 2.47. The molecule has 0 fully saturated rings. The highest BCUT2D eigenvalue weighted by molar-refractivity contribution is 5.78. The molecule has 0 aliphatic rings. The number of ether oxygens (including phenoxy) is 1. The van der Waals surface area contributed by atoms with E-state index < -0.39 is 12.0 Å². The molecule has 1 atom stereocenters. The van der Waals surface area contributed by atoms with Gasteiger partial charge in [-0.15, -0.1) is 0 Å². The Morgan fingerprint density at radius 2 is 1.94 bits per heavy atom. The van der Waals surface area contributed by atoms with E-state index in [1.807, 2.05) is 31.2 Å². The molecule has 5 heteroatoms. The summed E-state index contributed by atoms with van der Waals surface area (Å²) in [4.78, 5) is 22.3. The van der Waals surface area contributed by atoms with Crippen molar-refractivity contribution in [2.45, 2.75) is 19.4 Å². The Morgan fingerprint density at radius 3 is 2.44 bits per heavy atom. The number of nitrogens with one attached hydrogen (secondary N) is 1. The van der Waals surface area contributed by atoms with Crippen molar-refractivity contribution in [3.05, 3.63) is 35.4 Å². The molecule has 0 saturated heterocycles. The van der Waals surface area contributed by atoms with Crippen LogP contribution in [-0.2, 0) is 14.3 Å². The van der Waals surface area contributed by atoms with E-state index in [1.54, 1.807) is 0 Å². The normalized spacial score (nSPS) is 11.9. The van der Waals surface area contributed by atoms with E-state index in [-0.39, 0.29) is 18.9 Å². The summed E-state index contributed by atoms with van der Waals surface area (Å²) in [7, 11) is 1.41. The van der Waals surface area contributed by atoms with Crippen molar-refractivity contribution >= 4 is 11.9 Å². The standard InChI is InChI=1S/C13H17NO4/c1-9-3-5-10(6-4-9)11(7-13(16)17)14-12(15)8-18-2/h3-6,11H,7-8H2,1-2H3,(H,14,15)(H,16,17)/t11-/m1/s1. The lowest BCUT2D eigenvalue weighted by molar-refractivity contribution is -0.137. The summed E-state index contributed by atoms with van der Waals surface area (Å²) in [6.07, 6.45) is -0.154. The number of hydrogen-bond donors (Lipinski definition) is 2. The van der Waals surface area contributed by atoms with E-state index in [0.717, 1.165) is 11.1 Å². The van der Waals surface area contributed by atoms with Crippen LogP contribution in [0.4, 0.5) is 0 Å². The second-order valence-electron chi connectivity index (χ2n) is 4.06. The Bertz CT molecular complexity index is 414. The second kappa shape index (κ2) is 6.76. The quantitative estimate of drug-likeness (QED) is 0.798. The predicted octanol–water partition coefficient (Wildman–Crippen LogP) is 1.27. The van der Waals surface area contributed by atoms with E-state index >= 15 is 0 Å². The molecule has 1 aromatic rings. The van der Waals surface area contributed by atoms with Crippen molar-refractivity contribution in [1.29, 1.82) is 0 Å². The van der Waals surface area contributed by atoms with Crippen LogP contribution in [-0.4, -0.2) is 30.7 Å². The van der Waals surface area contributed by atoms with Crippen LogP contribution in [0.5, 0.6) is 0 Å². The third-order valence-electron chi connectivity index (χ3n) is 2.47. The van der Waals surface area contributed by atoms with Gasteiger partial charge >= 0.3 is 5.97 Å². The molecular weight excluding hydrogens is 234 g/mol. The molecule has 0 saturated carbocycles. The topological polar surface area (TPSA) is 75.6 Å². The Morgan fingerprint density at radius 1 is 1.33 bits per heavy atom. The lowest BCUT2D eigenvalue weighted by atomic mass is 10.0. The monoisotopic (exact) mass is 251 g/mol. The van der Waals surface area contributed by atoms with Crippen LogP contribution in [0.25, 0.3) is 0 Å². The number of aryl methyl sites for hydroxylation is 1. The first-order chi connectivity index (χ1) is 8.52. The van der Waals surface area contributed by atoms with Crippen molar-refractivity contribution < 1.29 is 19.4 Å². The summed E-state index contributed by atoms with van der Waals surface area (Å²) in [5, 5.41) is 11.5. The zero-order valence-corrected chi connectivity index (χ0v) is 10.5. The molecule has 0 bridgehead atoms. The minimum Gasteiger partial charge on any atom is -0.481 e. The van der Waals surface area contributed by atoms with Gasteiger partial charge in [0.15, 0.2) is 0 Å². The number of benzene rings is 1. The van der Waals surface area contributed by atoms with Gasteiger partial charge in [-0.05, 0) is 12.5 Å². The maximum absolute atomic E-state index is 11.4. The number of carboxylic acids is 1. The van der Waals surface area contributed by atoms with E-state index in [0.29, 0.717) is 0 Å². The molecule has 0 radical (unpaired) electrons. The zero-order valence-electron chi connectivity index (χ0n) is 10.5. The van der Waals surface area contributed by atoms with Crippen molar-refractivity contribution in [2.75, 3.05) is 13.7 Å². The van der Waals surface area contributed by atoms with Crippen molar-refractivity contribution in [2.24, 2.45) is 0 Å². The lowest BCUT2D eigenvalue weighted by Gasteiger charge is -2.17. The second-order valence-corrected chi connectivity index (χ2v) is 4.06. The van der Waals surface area contributed by atoms with Crippen LogP contribution >= 0.6 is 0 Å². The van der Waals surface area contributed by atoms with Crippen LogP contribution in [0.3, 0.4) is 0 Å². The maximum atomic E-state index is 11.4. The number of hydrogen-bond acceptors (Lipinski definition) is 3. The fourth-order valence-electron chi connectivity index (χ4n) is 1.59. The number of methoxy groups -OCH3 is 1. The van der Waals surface area contributed by atoms with Gasteiger partial charge in [-0.1, -0.05) is 29.8 Å². The molecule has 5 nitrogen and oxygen atoms in total. The SMILES string of the molecule is COCC(=O)N[C@H](CC(=O)O)c1ccc(C)cc1. The summed E-state index contributed by atoms with van der Waals surface area (Å²) < 4.78 is 4.71. The van der Waals surface area contributed by atoms with Crippen LogP contribution in [0, 0.1) is 6.92 Å². The average molecular weight is 251 g/mol. The Labute approximate surface area is 106 Å². The van der Waals surface area contributed by atoms with Crippen LogP contribution in [0.1, 0.15) is 23.6 Å². The summed E-state index contributed by atoms with van der Waals surface area (Å²) in [5.41, 5.74) is 1.85. The van der Waals surface area contributed by atoms with Crippen LogP contribution in [0.2, 0.25) is 0 Å². The van der Waals surface area contributed by atoms with Crippen molar-refractivity contribution in [1.82, 2.24) is 5.32 Å². The molecular formula is C13H17NO4. The predicted molar refractivity (Wildman–Crippen MR) is 66.2 cm³/mol. The van der Waals surface area contributed by atoms with E-state index in [9.17, 15) is 9.59 Å². The third kappa shape index (κ3) is 4.55. The summed E-state index contributed by atoms with van der Waals surface area (Å²) in [5.74, 6) is -1.29. The molecule has 1 amide bonds. The van der Waals surface area contributed by atoms with Gasteiger partial charge in [-0.3, -0.25) is 9.59 Å². The van der Waals surface area contributed by atoms with Crippen LogP contribution < -0.4 is 5.32 Å². The van der Waals surface area contributed by atoms with Gasteiger partial charge in [0.05, 0.1) is 12.5 Å². The number of aliphatic carboxylic acids is 1. The molecule has 1 aromatic carbocycles. The largest absolute Gasteiger partial charge is 0.481 e. The minimum atomic E-state index is -0.960. The molecule has 0 spiro atoms. The summed E-state index contributed by atoms with van der Waals surface area (Å²) >= 11 is 0. The zero-order chi connectivity index (χ0) is 13.5. The Balaban J connectivity index is 2.80. The molecule has 0 aliphatic carbocycles. The fraction of sp³-hybridized carbons (Fsp3) is 0.385. The van der Waals surface area contributed by atoms with E-state index in [4.69, 9.17) is 9.84 Å². The fourth-order valence-corrected chi connectivity index (χ4v) is 1.59. The Kier molecular flexibility index (Phi) is 5.32. The molecule has 0 unspecified atom stereocenters. The smallest absolute Gasteiger partial charge is 0.305 e. The van der Waals surface area contributed by atoms with E-state index in [2.05, 4.69) is 5.32 Å². The van der Waals surface area contributed by atoms with Gasteiger partial charge < -0.3 is 15.2 Å². The average Bonchev–Trinajstić information content (AvgIpc) is 2.28. The highest BCUT2D eigenvalue weighted by atomic mass is 16.5. The van der Waals surface area contributed by atoms with E-state index in [1.165, 1.54) is 7.11 Å². The maximum Gasteiger partial charge on any atom is 0.305 e. The molecule has 1 rings (SSSR count). The van der Waals surface area contributed by atoms with Crippen molar-refractivity contribution in [3.63, 3.8) is 0 Å². The highest BCUT2D eigenvalue weighted by Crippen LogP contribution is 2.17. The Hall–Kier alpha value is -1.88. The molecule has 2 N–H and O–H groups in total. The number of carboxylic acid groups (broad SMARTS) is 1. The number of rotatable bonds is 6. The molecule has 98 valence electrons. The molecule has 18 heavy (non-hydrogen) atoms. The lowest BCUT2D eigenvalue weighted by Crippen LogP contribution is -2.32. The van der Waals surface area contributed by atoms with Crippen LogP contribution in [0.15, 0.2) is 24.3 Å². The van der Waals surface area contributed by atoms with Gasteiger partial charge in [0.25, 0.3) is 0 Å². The number of carbonyl (C=O) groups is 2. The highest BCUT2D eigenvalue weighted by Gasteiger charge is 2.17. The molecule has 0 aliphatic heterocycles. The molecule has 0 aromatic heterocycles. The summed E-state index contributed by atoms with van der Waals surface area (Å²) in [6, 6.07) is 6.86. The number of carbonyl (C=O) groups excluding carboxylic acids is 1. The van der Waals surface area contributed by atoms with Gasteiger partial charge in [0.2, 0.25) is 5.91 Å². The summed E-state index contributed by atoms with van der Waals surface area (Å²) in [6.45, 7) is 1.86. The first-order valence-electron chi connectivity index (χ1n) is 5.59. The number of amides is 1. The minimum absolute atomic E-state index is 0.0814. The van der Waals surface area contributed by atoms with Crippen molar-refractivity contribution in [3.8, 4) is 0 Å². The van der Waals surface area contributed by atoms with Gasteiger partial charge in [-0.2, -0.15) is 0 Å². The van der Waals surface area contributed by atoms with Gasteiger partial charge in [0.1, 0.15) is 6.61 Å². The molecule has 0 heterocycles. The van der Waals surface area contributed by atoms with Gasteiger partial charge in [0, 0.05) is 7.11 Å².